The number of nitro groups is 1. The van der Waals surface area contributed by atoms with Gasteiger partial charge in [-0.25, -0.2) is 4.98 Å². The van der Waals surface area contributed by atoms with Gasteiger partial charge in [-0.15, -0.1) is 4.68 Å². The summed E-state index contributed by atoms with van der Waals surface area (Å²) >= 11 is 6.07. The second-order valence-corrected chi connectivity index (χ2v) is 5.62. The Morgan fingerprint density at radius 2 is 2.07 bits per heavy atom. The van der Waals surface area contributed by atoms with Gasteiger partial charge in [0.05, 0.1) is 27.5 Å². The number of amides is 2. The molecule has 0 atom stereocenters. The molecule has 2 aromatic rings. The Kier molecular flexibility index (Phi) is 9.11. The molecule has 0 aromatic carbocycles. The van der Waals surface area contributed by atoms with Crippen molar-refractivity contribution in [3.05, 3.63) is 81.3 Å². The van der Waals surface area contributed by atoms with Crippen molar-refractivity contribution in [1.82, 2.24) is 20.1 Å². The van der Waals surface area contributed by atoms with E-state index in [1.807, 2.05) is 13.8 Å². The maximum atomic E-state index is 12.8. The van der Waals surface area contributed by atoms with Crippen molar-refractivity contribution in [2.75, 3.05) is 0 Å². The summed E-state index contributed by atoms with van der Waals surface area (Å²) in [6.07, 6.45) is 5.58. The third-order valence-electron chi connectivity index (χ3n) is 3.40. The Morgan fingerprint density at radius 1 is 1.40 bits per heavy atom. The second-order valence-electron chi connectivity index (χ2n) is 5.22. The second kappa shape index (κ2) is 11.3. The Labute approximate surface area is 177 Å². The van der Waals surface area contributed by atoms with Crippen LogP contribution in [0.1, 0.15) is 31.3 Å². The number of aromatic nitrogens is 3. The fourth-order valence-electron chi connectivity index (χ4n) is 2.21. The fourth-order valence-corrected chi connectivity index (χ4v) is 2.41. The minimum absolute atomic E-state index is 0.0258. The van der Waals surface area contributed by atoms with Gasteiger partial charge < -0.3 is 21.2 Å². The fraction of sp³-hybridized carbons (Fsp3) is 0.158. The number of hydrogen-bond acceptors (Lipinski definition) is 6. The number of pyridine rings is 1. The highest BCUT2D eigenvalue weighted by Crippen LogP contribution is 2.22. The normalized spacial score (nSPS) is 11.2. The molecule has 0 bridgehead atoms. The summed E-state index contributed by atoms with van der Waals surface area (Å²) in [6.45, 7) is 9.15. The molecule has 0 aliphatic heterocycles. The number of hydrogen-bond donors (Lipinski definition) is 2. The van der Waals surface area contributed by atoms with Crippen LogP contribution < -0.4 is 11.1 Å². The third kappa shape index (κ3) is 5.61. The minimum atomic E-state index is -0.810. The number of nitrogens with two attached hydrogens (primary N) is 1. The van der Waals surface area contributed by atoms with Gasteiger partial charge >= 0.3 is 5.82 Å². The zero-order valence-corrected chi connectivity index (χ0v) is 17.4. The van der Waals surface area contributed by atoms with Crippen molar-refractivity contribution in [3.63, 3.8) is 0 Å². The molecule has 0 fully saturated rings. The van der Waals surface area contributed by atoms with E-state index in [9.17, 15) is 19.7 Å². The number of carbonyl (C=O) groups excluding carboxylic acids is 2. The Hall–Kier alpha value is -3.79. The van der Waals surface area contributed by atoms with Gasteiger partial charge in [0.2, 0.25) is 0 Å². The van der Waals surface area contributed by atoms with E-state index < -0.39 is 22.6 Å². The van der Waals surface area contributed by atoms with Gasteiger partial charge in [0.1, 0.15) is 0 Å². The maximum Gasteiger partial charge on any atom is 0.391 e. The van der Waals surface area contributed by atoms with E-state index in [-0.39, 0.29) is 27.8 Å². The number of allylic oxidation sites excluding steroid dienone is 2. The number of nitrogens with zero attached hydrogens (tertiary/aromatic N) is 4. The number of rotatable bonds is 7. The van der Waals surface area contributed by atoms with E-state index in [0.717, 1.165) is 10.7 Å². The molecule has 0 aliphatic rings. The van der Waals surface area contributed by atoms with E-state index in [2.05, 4.69) is 22.0 Å². The molecule has 11 heteroatoms. The molecular formula is C19H21ClN6O4. The highest BCUT2D eigenvalue weighted by Gasteiger charge is 2.27. The Balaban J connectivity index is 0.00000218. The van der Waals surface area contributed by atoms with Gasteiger partial charge in [-0.05, 0) is 30.1 Å². The molecule has 0 spiro atoms. The summed E-state index contributed by atoms with van der Waals surface area (Å²) in [5.41, 5.74) is 5.10. The largest absolute Gasteiger partial charge is 0.391 e. The summed E-state index contributed by atoms with van der Waals surface area (Å²) in [6, 6.07) is 4.01. The van der Waals surface area contributed by atoms with Crippen LogP contribution in [0.5, 0.6) is 0 Å². The summed E-state index contributed by atoms with van der Waals surface area (Å²) in [5, 5.41) is 17.5. The zero-order valence-electron chi connectivity index (χ0n) is 16.6. The highest BCUT2D eigenvalue weighted by molar-refractivity contribution is 6.32. The van der Waals surface area contributed by atoms with Crippen LogP contribution in [0.15, 0.2) is 60.5 Å². The summed E-state index contributed by atoms with van der Waals surface area (Å²) in [5.74, 6) is -2.16. The highest BCUT2D eigenvalue weighted by atomic mass is 35.5. The number of nitrogens with one attached hydrogen (secondary N) is 1. The lowest BCUT2D eigenvalue weighted by atomic mass is 10.1. The van der Waals surface area contributed by atoms with E-state index in [1.165, 1.54) is 24.4 Å². The van der Waals surface area contributed by atoms with Crippen molar-refractivity contribution >= 4 is 29.2 Å². The molecular weight excluding hydrogens is 412 g/mol. The molecule has 2 rings (SSSR count). The molecule has 0 radical (unpaired) electrons. The van der Waals surface area contributed by atoms with E-state index in [1.54, 1.807) is 19.1 Å². The monoisotopic (exact) mass is 432 g/mol. The molecule has 0 unspecified atom stereocenters. The van der Waals surface area contributed by atoms with Gasteiger partial charge in [0, 0.05) is 6.20 Å². The molecule has 0 saturated heterocycles. The van der Waals surface area contributed by atoms with Gasteiger partial charge in [-0.1, -0.05) is 44.2 Å². The van der Waals surface area contributed by atoms with Crippen LogP contribution in [0.2, 0.25) is 5.02 Å². The maximum absolute atomic E-state index is 12.8. The van der Waals surface area contributed by atoms with Crippen LogP contribution in [0.25, 0.3) is 5.82 Å². The van der Waals surface area contributed by atoms with Crippen LogP contribution in [-0.2, 0) is 4.79 Å². The van der Waals surface area contributed by atoms with E-state index in [0.29, 0.717) is 0 Å². The van der Waals surface area contributed by atoms with Crippen molar-refractivity contribution in [2.24, 2.45) is 5.73 Å². The molecule has 30 heavy (non-hydrogen) atoms. The summed E-state index contributed by atoms with van der Waals surface area (Å²) in [7, 11) is 0. The predicted molar refractivity (Wildman–Crippen MR) is 113 cm³/mol. The van der Waals surface area contributed by atoms with Crippen molar-refractivity contribution in [1.29, 1.82) is 0 Å². The molecule has 158 valence electrons. The van der Waals surface area contributed by atoms with Crippen LogP contribution in [-0.4, -0.2) is 31.5 Å². The third-order valence-corrected chi connectivity index (χ3v) is 3.69. The first-order valence-corrected chi connectivity index (χ1v) is 9.13. The summed E-state index contributed by atoms with van der Waals surface area (Å²) < 4.78 is 0.945. The van der Waals surface area contributed by atoms with Crippen molar-refractivity contribution in [3.8, 4) is 5.82 Å². The topological polar surface area (TPSA) is 146 Å². The number of halogens is 1. The first kappa shape index (κ1) is 24.2. The smallest absolute Gasteiger partial charge is 0.366 e. The zero-order chi connectivity index (χ0) is 22.8. The minimum Gasteiger partial charge on any atom is -0.366 e. The molecule has 0 aliphatic carbocycles. The van der Waals surface area contributed by atoms with Gasteiger partial charge in [0.15, 0.2) is 11.5 Å². The number of primary amides is 1. The Morgan fingerprint density at radius 3 is 2.57 bits per heavy atom. The van der Waals surface area contributed by atoms with Crippen molar-refractivity contribution in [2.45, 2.75) is 20.8 Å². The molecule has 10 nitrogen and oxygen atoms in total. The van der Waals surface area contributed by atoms with Gasteiger partial charge in [-0.3, -0.25) is 9.59 Å². The van der Waals surface area contributed by atoms with Crippen LogP contribution in [0.4, 0.5) is 5.82 Å². The van der Waals surface area contributed by atoms with E-state index >= 15 is 0 Å². The summed E-state index contributed by atoms with van der Waals surface area (Å²) in [4.78, 5) is 38.7. The predicted octanol–water partition coefficient (Wildman–Crippen LogP) is 3.09. The van der Waals surface area contributed by atoms with Crippen molar-refractivity contribution < 1.29 is 14.5 Å². The first-order chi connectivity index (χ1) is 14.3. The van der Waals surface area contributed by atoms with Gasteiger partial charge in [0.25, 0.3) is 11.8 Å². The van der Waals surface area contributed by atoms with Crippen LogP contribution in [0, 0.1) is 10.1 Å². The average Bonchev–Trinajstić information content (AvgIpc) is 3.16. The SMILES string of the molecule is C=C/C(C(N)=O)=C(\C=C/C)NC(=O)c1cc([N+](=O)[O-])nn1-c1ncccc1Cl.CC. The lowest BCUT2D eigenvalue weighted by molar-refractivity contribution is -0.389. The number of carbonyl (C=O) groups is 2. The molecule has 0 saturated carbocycles. The molecule has 2 aromatic heterocycles. The van der Waals surface area contributed by atoms with E-state index in [4.69, 9.17) is 17.3 Å². The molecule has 3 N–H and O–H groups in total. The Bertz CT molecular complexity index is 1030. The quantitative estimate of drug-likeness (QED) is 0.297. The first-order valence-electron chi connectivity index (χ1n) is 8.76. The van der Waals surface area contributed by atoms with Gasteiger partial charge in [-0.2, -0.15) is 0 Å². The molecule has 2 amide bonds. The van der Waals surface area contributed by atoms with Crippen LogP contribution in [0.3, 0.4) is 0 Å². The molecule has 2 heterocycles. The van der Waals surface area contributed by atoms with Crippen LogP contribution >= 0.6 is 11.6 Å². The standard InChI is InChI=1S/C17H15ClN6O4.C2H6/c1-3-6-12(10(4-2)15(19)25)21-17(26)13-9-14(24(27)28)22-23(13)16-11(18)7-5-8-20-16;1-2/h3-9H,2H2,1H3,(H2,19,25)(H,21,26);1-2H3/b6-3-,12-10-;. The average molecular weight is 433 g/mol. The lowest BCUT2D eigenvalue weighted by Crippen LogP contribution is -2.28. The lowest BCUT2D eigenvalue weighted by Gasteiger charge is -2.09.